The summed E-state index contributed by atoms with van der Waals surface area (Å²) in [6.45, 7) is 2.89. The molecule has 0 heterocycles. The van der Waals surface area contributed by atoms with Gasteiger partial charge in [0.25, 0.3) is 5.69 Å². The maximum Gasteiger partial charge on any atom is 0.271 e. The Morgan fingerprint density at radius 2 is 1.86 bits per heavy atom. The molecular weight excluding hydrogens is 398 g/mol. The molecule has 2 aromatic rings. The van der Waals surface area contributed by atoms with Gasteiger partial charge in [0.15, 0.2) is 0 Å². The third-order valence-corrected chi connectivity index (χ3v) is 5.48. The largest absolute Gasteiger partial charge is 0.497 e. The number of carbonyl (C=O) groups excluding carboxylic acids is 1. The minimum Gasteiger partial charge on any atom is -0.497 e. The van der Waals surface area contributed by atoms with E-state index in [1.165, 1.54) is 12.1 Å². The van der Waals surface area contributed by atoms with Gasteiger partial charge in [-0.2, -0.15) is 0 Å². The van der Waals surface area contributed by atoms with Crippen LogP contribution >= 0.6 is 0 Å². The van der Waals surface area contributed by atoms with Crippen molar-refractivity contribution in [2.45, 2.75) is 19.9 Å². The average molecular weight is 421 g/mol. The Bertz CT molecular complexity index is 1010. The number of methoxy groups -OCH3 is 1. The number of carbonyl (C=O) groups is 1. The minimum absolute atomic E-state index is 0.0916. The van der Waals surface area contributed by atoms with E-state index in [-0.39, 0.29) is 17.4 Å². The number of sulfonamides is 1. The molecule has 2 rings (SSSR count). The summed E-state index contributed by atoms with van der Waals surface area (Å²) in [6, 6.07) is 10.6. The molecule has 0 spiro atoms. The van der Waals surface area contributed by atoms with Crippen LogP contribution in [0.25, 0.3) is 0 Å². The lowest BCUT2D eigenvalue weighted by Crippen LogP contribution is -2.41. The van der Waals surface area contributed by atoms with E-state index in [1.807, 2.05) is 0 Å². The molecule has 1 amide bonds. The van der Waals surface area contributed by atoms with E-state index in [2.05, 4.69) is 5.32 Å². The molecule has 0 unspecified atom stereocenters. The van der Waals surface area contributed by atoms with Crippen molar-refractivity contribution in [1.82, 2.24) is 5.32 Å². The van der Waals surface area contributed by atoms with Crippen LogP contribution in [0, 0.1) is 17.0 Å². The number of benzene rings is 2. The number of aryl methyl sites for hydroxylation is 1. The van der Waals surface area contributed by atoms with Crippen LogP contribution < -0.4 is 14.4 Å². The van der Waals surface area contributed by atoms with Crippen molar-refractivity contribution in [2.75, 3.05) is 24.2 Å². The topological polar surface area (TPSA) is 119 Å². The van der Waals surface area contributed by atoms with E-state index >= 15 is 0 Å². The zero-order valence-corrected chi connectivity index (χ0v) is 17.4. The second-order valence-electron chi connectivity index (χ2n) is 6.56. The maximum absolute atomic E-state index is 12.5. The summed E-state index contributed by atoms with van der Waals surface area (Å²) >= 11 is 0. The number of anilines is 1. The van der Waals surface area contributed by atoms with Crippen LogP contribution in [0.1, 0.15) is 24.1 Å². The lowest BCUT2D eigenvalue weighted by Gasteiger charge is -2.24. The predicted molar refractivity (Wildman–Crippen MR) is 110 cm³/mol. The number of nitro groups is 1. The fraction of sp³-hybridized carbons (Fsp3) is 0.316. The molecule has 156 valence electrons. The third kappa shape index (κ3) is 5.67. The Balaban J connectivity index is 2.23. The van der Waals surface area contributed by atoms with Crippen molar-refractivity contribution in [3.8, 4) is 5.75 Å². The molecule has 0 fully saturated rings. The fourth-order valence-electron chi connectivity index (χ4n) is 2.75. The van der Waals surface area contributed by atoms with E-state index in [1.54, 1.807) is 45.2 Å². The first kappa shape index (κ1) is 22.2. The summed E-state index contributed by atoms with van der Waals surface area (Å²) in [6.07, 6.45) is 0.950. The molecule has 0 saturated heterocycles. The van der Waals surface area contributed by atoms with Gasteiger partial charge < -0.3 is 10.1 Å². The fourth-order valence-corrected chi connectivity index (χ4v) is 3.66. The van der Waals surface area contributed by atoms with Crippen LogP contribution in [0.2, 0.25) is 0 Å². The Morgan fingerprint density at radius 1 is 1.24 bits per heavy atom. The summed E-state index contributed by atoms with van der Waals surface area (Å²) < 4.78 is 30.5. The van der Waals surface area contributed by atoms with Gasteiger partial charge in [0.2, 0.25) is 15.9 Å². The molecule has 0 aliphatic heterocycles. The van der Waals surface area contributed by atoms with Crippen LogP contribution in [0.4, 0.5) is 11.4 Å². The zero-order valence-electron chi connectivity index (χ0n) is 16.6. The number of amides is 1. The second-order valence-corrected chi connectivity index (χ2v) is 8.47. The van der Waals surface area contributed by atoms with Gasteiger partial charge >= 0.3 is 0 Å². The summed E-state index contributed by atoms with van der Waals surface area (Å²) in [7, 11) is -2.30. The molecular formula is C19H23N3O6S. The minimum atomic E-state index is -3.85. The number of non-ortho nitro benzene ring substituents is 1. The molecule has 9 nitrogen and oxygen atoms in total. The van der Waals surface area contributed by atoms with Gasteiger partial charge in [-0.05, 0) is 37.1 Å². The van der Waals surface area contributed by atoms with E-state index in [4.69, 9.17) is 4.74 Å². The molecule has 1 atom stereocenters. The molecule has 0 aliphatic rings. The van der Waals surface area contributed by atoms with E-state index in [0.717, 1.165) is 22.2 Å². The predicted octanol–water partition coefficient (Wildman–Crippen LogP) is 2.56. The third-order valence-electron chi connectivity index (χ3n) is 4.35. The van der Waals surface area contributed by atoms with Crippen LogP contribution in [0.15, 0.2) is 42.5 Å². The van der Waals surface area contributed by atoms with Crippen LogP contribution in [-0.2, 0) is 14.8 Å². The quantitative estimate of drug-likeness (QED) is 0.517. The molecule has 0 aliphatic carbocycles. The molecule has 0 aromatic heterocycles. The van der Waals surface area contributed by atoms with Crippen molar-refractivity contribution in [3.63, 3.8) is 0 Å². The smallest absolute Gasteiger partial charge is 0.271 e. The monoisotopic (exact) mass is 421 g/mol. The number of ether oxygens (including phenoxy) is 1. The van der Waals surface area contributed by atoms with Gasteiger partial charge in [0.05, 0.1) is 30.0 Å². The lowest BCUT2D eigenvalue weighted by molar-refractivity contribution is -0.384. The molecule has 0 saturated carbocycles. The first-order chi connectivity index (χ1) is 13.5. The van der Waals surface area contributed by atoms with Crippen molar-refractivity contribution in [2.24, 2.45) is 0 Å². The second kappa shape index (κ2) is 8.91. The number of hydrogen-bond donors (Lipinski definition) is 1. The Morgan fingerprint density at radius 3 is 2.38 bits per heavy atom. The highest BCUT2D eigenvalue weighted by Crippen LogP contribution is 2.27. The van der Waals surface area contributed by atoms with E-state index in [9.17, 15) is 23.3 Å². The first-order valence-electron chi connectivity index (χ1n) is 8.69. The highest BCUT2D eigenvalue weighted by molar-refractivity contribution is 7.92. The molecule has 0 bridgehead atoms. The first-order valence-corrected chi connectivity index (χ1v) is 10.5. The highest BCUT2D eigenvalue weighted by atomic mass is 32.2. The van der Waals surface area contributed by atoms with Crippen molar-refractivity contribution < 1.29 is 22.9 Å². The van der Waals surface area contributed by atoms with Gasteiger partial charge in [-0.1, -0.05) is 18.2 Å². The van der Waals surface area contributed by atoms with Crippen LogP contribution in [-0.4, -0.2) is 39.2 Å². The van der Waals surface area contributed by atoms with Gasteiger partial charge in [0.1, 0.15) is 12.3 Å². The molecule has 1 N–H and O–H groups in total. The number of nitro benzene ring substituents is 1. The van der Waals surface area contributed by atoms with Crippen molar-refractivity contribution in [1.29, 1.82) is 0 Å². The lowest BCUT2D eigenvalue weighted by atomic mass is 10.1. The maximum atomic E-state index is 12.5. The Kier molecular flexibility index (Phi) is 6.80. The Hall–Kier alpha value is -3.14. The zero-order chi connectivity index (χ0) is 21.8. The number of rotatable bonds is 8. The van der Waals surface area contributed by atoms with Crippen molar-refractivity contribution in [3.05, 3.63) is 63.7 Å². The highest BCUT2D eigenvalue weighted by Gasteiger charge is 2.25. The van der Waals surface area contributed by atoms with E-state index in [0.29, 0.717) is 11.3 Å². The number of nitrogens with one attached hydrogen (secondary N) is 1. The van der Waals surface area contributed by atoms with Gasteiger partial charge in [-0.15, -0.1) is 0 Å². The molecule has 10 heteroatoms. The van der Waals surface area contributed by atoms with Crippen LogP contribution in [0.5, 0.6) is 5.75 Å². The van der Waals surface area contributed by atoms with Gasteiger partial charge in [-0.25, -0.2) is 8.42 Å². The normalized spacial score (nSPS) is 12.1. The van der Waals surface area contributed by atoms with Crippen molar-refractivity contribution >= 4 is 27.3 Å². The summed E-state index contributed by atoms with van der Waals surface area (Å²) in [5.74, 6) is 0.140. The van der Waals surface area contributed by atoms with Crippen LogP contribution in [0.3, 0.4) is 0 Å². The molecule has 0 radical (unpaired) electrons. The summed E-state index contributed by atoms with van der Waals surface area (Å²) in [5.41, 5.74) is 1.15. The number of hydrogen-bond acceptors (Lipinski definition) is 6. The summed E-state index contributed by atoms with van der Waals surface area (Å²) in [5, 5.41) is 13.8. The van der Waals surface area contributed by atoms with Gasteiger partial charge in [0, 0.05) is 12.1 Å². The summed E-state index contributed by atoms with van der Waals surface area (Å²) in [4.78, 5) is 23.0. The van der Waals surface area contributed by atoms with Gasteiger partial charge in [-0.3, -0.25) is 19.2 Å². The average Bonchev–Trinajstić information content (AvgIpc) is 2.65. The standard InChI is InChI=1S/C19H23N3O6S/c1-13-5-8-16(22(24)25)11-18(13)21(29(4,26)27)12-19(23)20-14(2)15-6-9-17(28-3)10-7-15/h5-11,14H,12H2,1-4H3,(H,20,23)/t14-/m0/s1. The van der Waals surface area contributed by atoms with E-state index < -0.39 is 27.4 Å². The molecule has 29 heavy (non-hydrogen) atoms. The SMILES string of the molecule is COc1ccc([C@H](C)NC(=O)CN(c2cc([N+](=O)[O-])ccc2C)S(C)(=O)=O)cc1. The number of nitrogens with zero attached hydrogens (tertiary/aromatic N) is 2. The molecule has 2 aromatic carbocycles. The Labute approximate surface area is 169 Å².